The normalized spacial score (nSPS) is 12.4. The Bertz CT molecular complexity index is 619. The Morgan fingerprint density at radius 1 is 1.05 bits per heavy atom. The van der Waals surface area contributed by atoms with E-state index in [-0.39, 0.29) is 11.9 Å². The fourth-order valence-electron chi connectivity index (χ4n) is 1.95. The van der Waals surface area contributed by atoms with Crippen LogP contribution in [0.15, 0.2) is 36.4 Å². The molecule has 0 aliphatic carbocycles. The van der Waals surface area contributed by atoms with Crippen LogP contribution in [0.5, 0.6) is 0 Å². The highest BCUT2D eigenvalue weighted by atomic mass is 35.5. The minimum Gasteiger partial charge on any atom is -0.271 e. The molecular weight excluding hydrogens is 322 g/mol. The minimum absolute atomic E-state index is 0.276. The van der Waals surface area contributed by atoms with Gasteiger partial charge in [0.25, 0.3) is 0 Å². The lowest BCUT2D eigenvalue weighted by Crippen LogP contribution is -2.30. The molecular formula is C14H12Cl3FN2. The van der Waals surface area contributed by atoms with Gasteiger partial charge in [0.15, 0.2) is 0 Å². The highest BCUT2D eigenvalue weighted by molar-refractivity contribution is 6.35. The number of hydrogen-bond acceptors (Lipinski definition) is 2. The molecule has 0 fully saturated rings. The average Bonchev–Trinajstić information content (AvgIpc) is 2.39. The van der Waals surface area contributed by atoms with Gasteiger partial charge in [0.1, 0.15) is 5.82 Å². The highest BCUT2D eigenvalue weighted by Gasteiger charge is 2.16. The summed E-state index contributed by atoms with van der Waals surface area (Å²) in [5, 5.41) is 1.44. The number of hydrogen-bond donors (Lipinski definition) is 2. The molecule has 0 aliphatic rings. The second-order valence-corrected chi connectivity index (χ2v) is 5.58. The largest absolute Gasteiger partial charge is 0.271 e. The van der Waals surface area contributed by atoms with Crippen molar-refractivity contribution in [3.63, 3.8) is 0 Å². The van der Waals surface area contributed by atoms with Crippen LogP contribution in [-0.2, 0) is 6.42 Å². The molecule has 20 heavy (non-hydrogen) atoms. The van der Waals surface area contributed by atoms with Crippen LogP contribution >= 0.6 is 34.8 Å². The average molecular weight is 334 g/mol. The van der Waals surface area contributed by atoms with Crippen molar-refractivity contribution < 1.29 is 4.39 Å². The van der Waals surface area contributed by atoms with Crippen molar-refractivity contribution in [1.29, 1.82) is 0 Å². The first-order chi connectivity index (χ1) is 9.51. The van der Waals surface area contributed by atoms with Gasteiger partial charge >= 0.3 is 0 Å². The summed E-state index contributed by atoms with van der Waals surface area (Å²) in [5.74, 6) is 5.18. The van der Waals surface area contributed by atoms with Crippen molar-refractivity contribution in [2.45, 2.75) is 12.5 Å². The summed E-state index contributed by atoms with van der Waals surface area (Å²) in [6, 6.07) is 9.17. The Morgan fingerprint density at radius 3 is 2.40 bits per heavy atom. The topological polar surface area (TPSA) is 38.0 Å². The van der Waals surface area contributed by atoms with Gasteiger partial charge < -0.3 is 0 Å². The first kappa shape index (κ1) is 15.5. The zero-order valence-electron chi connectivity index (χ0n) is 10.3. The zero-order chi connectivity index (χ0) is 14.7. The van der Waals surface area contributed by atoms with Crippen molar-refractivity contribution in [2.75, 3.05) is 0 Å². The van der Waals surface area contributed by atoms with Crippen LogP contribution in [0, 0.1) is 5.82 Å². The molecule has 0 saturated heterocycles. The number of nitrogens with two attached hydrogens (primary N) is 1. The molecule has 1 unspecified atom stereocenters. The third-order valence-electron chi connectivity index (χ3n) is 2.98. The van der Waals surface area contributed by atoms with E-state index in [9.17, 15) is 4.39 Å². The number of hydrazine groups is 1. The molecule has 0 bridgehead atoms. The smallest absolute Gasteiger partial charge is 0.124 e. The van der Waals surface area contributed by atoms with E-state index in [2.05, 4.69) is 5.43 Å². The molecule has 0 aromatic heterocycles. The summed E-state index contributed by atoms with van der Waals surface area (Å²) in [5.41, 5.74) is 4.25. The van der Waals surface area contributed by atoms with Crippen molar-refractivity contribution in [1.82, 2.24) is 5.43 Å². The summed E-state index contributed by atoms with van der Waals surface area (Å²) in [7, 11) is 0. The van der Waals surface area contributed by atoms with Gasteiger partial charge in [-0.3, -0.25) is 11.3 Å². The van der Waals surface area contributed by atoms with E-state index in [4.69, 9.17) is 40.6 Å². The Morgan fingerprint density at radius 2 is 1.80 bits per heavy atom. The summed E-state index contributed by atoms with van der Waals surface area (Å²) >= 11 is 18.0. The van der Waals surface area contributed by atoms with Gasteiger partial charge in [0, 0.05) is 15.1 Å². The van der Waals surface area contributed by atoms with E-state index in [1.54, 1.807) is 18.2 Å². The summed E-state index contributed by atoms with van der Waals surface area (Å²) in [4.78, 5) is 0. The minimum atomic E-state index is -0.390. The van der Waals surface area contributed by atoms with Gasteiger partial charge in [-0.2, -0.15) is 0 Å². The third kappa shape index (κ3) is 3.62. The maximum Gasteiger partial charge on any atom is 0.124 e. The molecule has 2 aromatic carbocycles. The Balaban J connectivity index is 2.28. The fourth-order valence-corrected chi connectivity index (χ4v) is 2.73. The molecule has 2 nitrogen and oxygen atoms in total. The molecule has 6 heteroatoms. The van der Waals surface area contributed by atoms with Gasteiger partial charge in [-0.05, 0) is 41.8 Å². The molecule has 2 rings (SSSR count). The van der Waals surface area contributed by atoms with Crippen LogP contribution in [0.3, 0.4) is 0 Å². The molecule has 0 heterocycles. The van der Waals surface area contributed by atoms with Gasteiger partial charge in [-0.25, -0.2) is 4.39 Å². The summed E-state index contributed by atoms with van der Waals surface area (Å²) in [6.07, 6.45) is 0.512. The molecule has 3 N–H and O–H groups in total. The van der Waals surface area contributed by atoms with E-state index in [0.717, 1.165) is 5.56 Å². The third-order valence-corrected chi connectivity index (χ3v) is 3.89. The molecule has 0 amide bonds. The van der Waals surface area contributed by atoms with E-state index < -0.39 is 0 Å². The maximum absolute atomic E-state index is 13.1. The summed E-state index contributed by atoms with van der Waals surface area (Å²) < 4.78 is 13.1. The molecule has 0 aliphatic heterocycles. The standard InChI is InChI=1S/C14H12Cl3FN2/c15-9-2-1-8(12(16)6-9)5-14(20-19)11-4-3-10(18)7-13(11)17/h1-4,6-7,14,20H,5,19H2. The monoisotopic (exact) mass is 332 g/mol. The number of benzene rings is 2. The molecule has 2 aromatic rings. The predicted molar refractivity (Wildman–Crippen MR) is 81.6 cm³/mol. The van der Waals surface area contributed by atoms with E-state index in [1.807, 2.05) is 6.07 Å². The number of halogens is 4. The fraction of sp³-hybridized carbons (Fsp3) is 0.143. The quantitative estimate of drug-likeness (QED) is 0.637. The van der Waals surface area contributed by atoms with Crippen molar-refractivity contribution >= 4 is 34.8 Å². The van der Waals surface area contributed by atoms with Crippen LogP contribution in [0.4, 0.5) is 4.39 Å². The zero-order valence-corrected chi connectivity index (χ0v) is 12.6. The maximum atomic E-state index is 13.1. The first-order valence-corrected chi connectivity index (χ1v) is 6.99. The van der Waals surface area contributed by atoms with Crippen LogP contribution in [0.2, 0.25) is 15.1 Å². The number of rotatable bonds is 4. The van der Waals surface area contributed by atoms with Gasteiger partial charge in [-0.1, -0.05) is 46.9 Å². The van der Waals surface area contributed by atoms with E-state index in [1.165, 1.54) is 12.1 Å². The SMILES string of the molecule is NNC(Cc1ccc(Cl)cc1Cl)c1ccc(F)cc1Cl. The van der Waals surface area contributed by atoms with Crippen LogP contribution in [-0.4, -0.2) is 0 Å². The predicted octanol–water partition coefficient (Wildman–Crippen LogP) is 4.53. The summed E-state index contributed by atoms with van der Waals surface area (Å²) in [6.45, 7) is 0. The van der Waals surface area contributed by atoms with Crippen molar-refractivity contribution in [3.8, 4) is 0 Å². The lowest BCUT2D eigenvalue weighted by Gasteiger charge is -2.18. The van der Waals surface area contributed by atoms with Gasteiger partial charge in [-0.15, -0.1) is 0 Å². The molecule has 0 spiro atoms. The molecule has 0 radical (unpaired) electrons. The Kier molecular flexibility index (Phi) is 5.24. The highest BCUT2D eigenvalue weighted by Crippen LogP contribution is 2.29. The van der Waals surface area contributed by atoms with E-state index in [0.29, 0.717) is 27.1 Å². The Hall–Kier alpha value is -0.840. The molecule has 1 atom stereocenters. The van der Waals surface area contributed by atoms with Crippen LogP contribution in [0.25, 0.3) is 0 Å². The first-order valence-electron chi connectivity index (χ1n) is 5.86. The lowest BCUT2D eigenvalue weighted by atomic mass is 9.99. The van der Waals surface area contributed by atoms with Crippen molar-refractivity contribution in [2.24, 2.45) is 5.84 Å². The van der Waals surface area contributed by atoms with Gasteiger partial charge in [0.05, 0.1) is 6.04 Å². The second-order valence-electron chi connectivity index (χ2n) is 4.32. The van der Waals surface area contributed by atoms with Crippen LogP contribution in [0.1, 0.15) is 17.2 Å². The van der Waals surface area contributed by atoms with Crippen molar-refractivity contribution in [3.05, 3.63) is 68.4 Å². The molecule has 0 saturated carbocycles. The Labute approximate surface area is 131 Å². The van der Waals surface area contributed by atoms with Crippen LogP contribution < -0.4 is 11.3 Å². The number of nitrogens with one attached hydrogen (secondary N) is 1. The lowest BCUT2D eigenvalue weighted by molar-refractivity contribution is 0.549. The van der Waals surface area contributed by atoms with Gasteiger partial charge in [0.2, 0.25) is 0 Å². The second kappa shape index (κ2) is 6.74. The molecule has 106 valence electrons. The van der Waals surface area contributed by atoms with E-state index >= 15 is 0 Å².